The van der Waals surface area contributed by atoms with Crippen molar-refractivity contribution >= 4 is 5.97 Å². The summed E-state index contributed by atoms with van der Waals surface area (Å²) in [6, 6.07) is 5.86. The van der Waals surface area contributed by atoms with E-state index < -0.39 is 5.97 Å². The fourth-order valence-corrected chi connectivity index (χ4v) is 2.63. The summed E-state index contributed by atoms with van der Waals surface area (Å²) in [7, 11) is 0. The maximum Gasteiger partial charge on any atom is 0.307 e. The lowest BCUT2D eigenvalue weighted by molar-refractivity contribution is -0.143. The zero-order chi connectivity index (χ0) is 15.5. The van der Waals surface area contributed by atoms with E-state index in [-0.39, 0.29) is 11.7 Å². The topological polar surface area (TPSA) is 79.5 Å². The maximum absolute atomic E-state index is 12.9. The number of hydrogen-bond donors (Lipinski definition) is 1. The van der Waals surface area contributed by atoms with E-state index in [1.807, 2.05) is 4.90 Å². The number of carbonyl (C=O) groups is 1. The Labute approximate surface area is 126 Å². The van der Waals surface area contributed by atoms with Crippen LogP contribution < -0.4 is 0 Å². The van der Waals surface area contributed by atoms with Crippen LogP contribution >= 0.6 is 0 Å². The highest BCUT2D eigenvalue weighted by Crippen LogP contribution is 2.20. The molecule has 0 radical (unpaired) electrons. The Hall–Kier alpha value is -2.28. The second-order valence-electron chi connectivity index (χ2n) is 5.43. The summed E-state index contributed by atoms with van der Waals surface area (Å²) < 4.78 is 18.1. The zero-order valence-electron chi connectivity index (χ0n) is 11.9. The van der Waals surface area contributed by atoms with Crippen molar-refractivity contribution in [2.24, 2.45) is 5.92 Å². The van der Waals surface area contributed by atoms with Gasteiger partial charge in [-0.2, -0.15) is 4.98 Å². The van der Waals surface area contributed by atoms with E-state index in [4.69, 9.17) is 9.63 Å². The van der Waals surface area contributed by atoms with Gasteiger partial charge in [-0.05, 0) is 43.7 Å². The van der Waals surface area contributed by atoms with Gasteiger partial charge in [-0.15, -0.1) is 0 Å². The summed E-state index contributed by atoms with van der Waals surface area (Å²) >= 11 is 0. The number of rotatable bonds is 4. The average Bonchev–Trinajstić information content (AvgIpc) is 2.96. The Morgan fingerprint density at radius 2 is 2.18 bits per heavy atom. The smallest absolute Gasteiger partial charge is 0.307 e. The summed E-state index contributed by atoms with van der Waals surface area (Å²) in [5, 5.41) is 13.0. The van der Waals surface area contributed by atoms with Crippen molar-refractivity contribution in [3.8, 4) is 11.4 Å². The number of carboxylic acids is 1. The first kappa shape index (κ1) is 14.6. The lowest BCUT2D eigenvalue weighted by Gasteiger charge is -2.29. The van der Waals surface area contributed by atoms with Crippen LogP contribution in [-0.2, 0) is 11.3 Å². The monoisotopic (exact) mass is 305 g/mol. The molecular formula is C15H16FN3O3. The third kappa shape index (κ3) is 3.30. The molecule has 2 aromatic rings. The molecule has 1 aromatic carbocycles. The molecule has 0 amide bonds. The van der Waals surface area contributed by atoms with Crippen LogP contribution in [0.5, 0.6) is 0 Å². The van der Waals surface area contributed by atoms with Gasteiger partial charge in [0.15, 0.2) is 0 Å². The number of aromatic nitrogens is 2. The summed E-state index contributed by atoms with van der Waals surface area (Å²) in [5.41, 5.74) is 0.679. The molecule has 1 aliphatic rings. The minimum Gasteiger partial charge on any atom is -0.481 e. The van der Waals surface area contributed by atoms with Gasteiger partial charge in [0.2, 0.25) is 11.7 Å². The Morgan fingerprint density at radius 3 is 2.91 bits per heavy atom. The average molecular weight is 305 g/mol. The van der Waals surface area contributed by atoms with Gasteiger partial charge in [0, 0.05) is 12.1 Å². The van der Waals surface area contributed by atoms with Gasteiger partial charge in [-0.25, -0.2) is 4.39 Å². The van der Waals surface area contributed by atoms with Crippen molar-refractivity contribution in [1.82, 2.24) is 15.0 Å². The Kier molecular flexibility index (Phi) is 4.15. The fraction of sp³-hybridized carbons (Fsp3) is 0.400. The van der Waals surface area contributed by atoms with E-state index in [1.165, 1.54) is 12.1 Å². The molecule has 7 heteroatoms. The number of likely N-dealkylation sites (tertiary alicyclic amines) is 1. The molecule has 1 atom stereocenters. The quantitative estimate of drug-likeness (QED) is 0.932. The van der Waals surface area contributed by atoms with Crippen LogP contribution in [0.15, 0.2) is 28.8 Å². The minimum atomic E-state index is -0.762. The number of hydrogen-bond acceptors (Lipinski definition) is 5. The van der Waals surface area contributed by atoms with Crippen LogP contribution in [0.1, 0.15) is 18.7 Å². The first-order valence-corrected chi connectivity index (χ1v) is 7.15. The van der Waals surface area contributed by atoms with E-state index in [9.17, 15) is 9.18 Å². The van der Waals surface area contributed by atoms with E-state index in [0.29, 0.717) is 36.8 Å². The molecule has 0 spiro atoms. The molecular weight excluding hydrogens is 289 g/mol. The van der Waals surface area contributed by atoms with Crippen molar-refractivity contribution < 1.29 is 18.8 Å². The molecule has 1 aromatic heterocycles. The third-order valence-corrected chi connectivity index (χ3v) is 3.78. The summed E-state index contributed by atoms with van der Waals surface area (Å²) in [6.07, 6.45) is 1.55. The van der Waals surface area contributed by atoms with Crippen LogP contribution in [0.25, 0.3) is 11.4 Å². The molecule has 1 fully saturated rings. The number of aliphatic carboxylic acids is 1. The van der Waals surface area contributed by atoms with Gasteiger partial charge < -0.3 is 9.63 Å². The van der Waals surface area contributed by atoms with Crippen LogP contribution in [0.2, 0.25) is 0 Å². The SMILES string of the molecule is O=C(O)[C@H]1CCCN(Cc2nc(-c3ccc(F)cc3)no2)C1. The second kappa shape index (κ2) is 6.23. The van der Waals surface area contributed by atoms with Crippen molar-refractivity contribution in [3.05, 3.63) is 36.0 Å². The largest absolute Gasteiger partial charge is 0.481 e. The predicted molar refractivity (Wildman–Crippen MR) is 75.3 cm³/mol. The molecule has 22 heavy (non-hydrogen) atoms. The van der Waals surface area contributed by atoms with Crippen LogP contribution in [0.3, 0.4) is 0 Å². The Balaban J connectivity index is 1.66. The standard InChI is InChI=1S/C15H16FN3O3/c16-12-5-3-10(4-6-12)14-17-13(22-18-14)9-19-7-1-2-11(8-19)15(20)21/h3-6,11H,1-2,7-9H2,(H,20,21)/t11-/m0/s1. The number of nitrogens with zero attached hydrogens (tertiary/aromatic N) is 3. The molecule has 0 unspecified atom stereocenters. The number of piperidine rings is 1. The van der Waals surface area contributed by atoms with Gasteiger partial charge in [0.25, 0.3) is 0 Å². The van der Waals surface area contributed by atoms with Gasteiger partial charge in [-0.3, -0.25) is 9.69 Å². The minimum absolute atomic E-state index is 0.319. The van der Waals surface area contributed by atoms with E-state index >= 15 is 0 Å². The number of halogens is 1. The highest BCUT2D eigenvalue weighted by Gasteiger charge is 2.26. The zero-order valence-corrected chi connectivity index (χ0v) is 11.9. The van der Waals surface area contributed by atoms with Crippen LogP contribution in [-0.4, -0.2) is 39.2 Å². The lowest BCUT2D eigenvalue weighted by atomic mass is 9.98. The molecule has 1 saturated heterocycles. The first-order chi connectivity index (χ1) is 10.6. The molecule has 1 N–H and O–H groups in total. The summed E-state index contributed by atoms with van der Waals surface area (Å²) in [4.78, 5) is 17.3. The normalized spacial score (nSPS) is 19.2. The van der Waals surface area contributed by atoms with E-state index in [1.54, 1.807) is 12.1 Å². The molecule has 6 nitrogen and oxygen atoms in total. The summed E-state index contributed by atoms with van der Waals surface area (Å²) in [5.74, 6) is -0.580. The number of carboxylic acid groups (broad SMARTS) is 1. The van der Waals surface area contributed by atoms with Crippen LogP contribution in [0.4, 0.5) is 4.39 Å². The molecule has 3 rings (SSSR count). The summed E-state index contributed by atoms with van der Waals surface area (Å²) in [6.45, 7) is 1.74. The van der Waals surface area contributed by atoms with Crippen molar-refractivity contribution in [3.63, 3.8) is 0 Å². The molecule has 2 heterocycles. The second-order valence-corrected chi connectivity index (χ2v) is 5.43. The molecule has 0 saturated carbocycles. The predicted octanol–water partition coefficient (Wildman–Crippen LogP) is 2.17. The van der Waals surface area contributed by atoms with Crippen molar-refractivity contribution in [2.45, 2.75) is 19.4 Å². The van der Waals surface area contributed by atoms with Crippen LogP contribution in [0, 0.1) is 11.7 Å². The molecule has 116 valence electrons. The van der Waals surface area contributed by atoms with Gasteiger partial charge >= 0.3 is 5.97 Å². The van der Waals surface area contributed by atoms with E-state index in [0.717, 1.165) is 13.0 Å². The molecule has 1 aliphatic heterocycles. The van der Waals surface area contributed by atoms with Gasteiger partial charge in [0.1, 0.15) is 5.82 Å². The fourth-order valence-electron chi connectivity index (χ4n) is 2.63. The molecule has 0 bridgehead atoms. The van der Waals surface area contributed by atoms with E-state index in [2.05, 4.69) is 10.1 Å². The highest BCUT2D eigenvalue weighted by molar-refractivity contribution is 5.70. The van der Waals surface area contributed by atoms with Gasteiger partial charge in [0.05, 0.1) is 12.5 Å². The van der Waals surface area contributed by atoms with Gasteiger partial charge in [-0.1, -0.05) is 5.16 Å². The maximum atomic E-state index is 12.9. The Bertz CT molecular complexity index is 656. The third-order valence-electron chi connectivity index (χ3n) is 3.78. The van der Waals surface area contributed by atoms with Crippen molar-refractivity contribution in [1.29, 1.82) is 0 Å². The highest BCUT2D eigenvalue weighted by atomic mass is 19.1. The molecule has 0 aliphatic carbocycles. The lowest BCUT2D eigenvalue weighted by Crippen LogP contribution is -2.38. The Morgan fingerprint density at radius 1 is 1.41 bits per heavy atom. The number of benzene rings is 1. The van der Waals surface area contributed by atoms with Crippen molar-refractivity contribution in [2.75, 3.05) is 13.1 Å². The first-order valence-electron chi connectivity index (χ1n) is 7.15.